The fraction of sp³-hybridized carbons (Fsp3) is 0.500. The number of benzene rings is 1. The second-order valence-corrected chi connectivity index (χ2v) is 5.75. The maximum absolute atomic E-state index is 12.8. The van der Waals surface area contributed by atoms with Gasteiger partial charge in [-0.3, -0.25) is 4.79 Å². The Bertz CT molecular complexity index is 459. The number of phenolic OH excluding ortho intramolecular Hbond substituents is 1. The van der Waals surface area contributed by atoms with Gasteiger partial charge in [-0.25, -0.2) is 4.39 Å². The van der Waals surface area contributed by atoms with E-state index in [1.807, 2.05) is 32.8 Å². The maximum Gasteiger partial charge on any atom is 0.255 e. The van der Waals surface area contributed by atoms with E-state index in [1.165, 1.54) is 6.07 Å². The van der Waals surface area contributed by atoms with E-state index in [-0.39, 0.29) is 16.7 Å². The molecule has 0 saturated heterocycles. The molecule has 1 aromatic rings. The highest BCUT2D eigenvalue weighted by molar-refractivity contribution is 5.96. The van der Waals surface area contributed by atoms with Gasteiger partial charge in [0.2, 0.25) is 0 Å². The minimum Gasteiger partial charge on any atom is -0.507 e. The number of nitrogens with one attached hydrogen (secondary N) is 1. The van der Waals surface area contributed by atoms with Gasteiger partial charge in [0.25, 0.3) is 5.91 Å². The predicted molar refractivity (Wildman–Crippen MR) is 72.7 cm³/mol. The van der Waals surface area contributed by atoms with Gasteiger partial charge in [-0.2, -0.15) is 0 Å². The minimum atomic E-state index is -0.568. The molecule has 106 valence electrons. The van der Waals surface area contributed by atoms with Crippen molar-refractivity contribution in [3.63, 3.8) is 0 Å². The van der Waals surface area contributed by atoms with Gasteiger partial charge < -0.3 is 15.3 Å². The van der Waals surface area contributed by atoms with E-state index >= 15 is 0 Å². The molecule has 4 nitrogen and oxygen atoms in total. The summed E-state index contributed by atoms with van der Waals surface area (Å²) in [4.78, 5) is 13.9. The first-order valence-corrected chi connectivity index (χ1v) is 6.13. The van der Waals surface area contributed by atoms with Crippen LogP contribution in [-0.2, 0) is 0 Å². The molecule has 0 aliphatic rings. The van der Waals surface area contributed by atoms with Crippen LogP contribution in [0.4, 0.5) is 4.39 Å². The zero-order valence-corrected chi connectivity index (χ0v) is 11.8. The van der Waals surface area contributed by atoms with E-state index < -0.39 is 11.7 Å². The number of nitrogens with zero attached hydrogens (tertiary/aromatic N) is 1. The number of carbonyl (C=O) groups excluding carboxylic acids is 1. The number of hydrogen-bond donors (Lipinski definition) is 2. The molecular weight excluding hydrogens is 247 g/mol. The van der Waals surface area contributed by atoms with Crippen molar-refractivity contribution in [2.24, 2.45) is 5.41 Å². The summed E-state index contributed by atoms with van der Waals surface area (Å²) in [6.07, 6.45) is 0. The summed E-state index contributed by atoms with van der Waals surface area (Å²) in [5.41, 5.74) is -0.00325. The van der Waals surface area contributed by atoms with Gasteiger partial charge in [0.05, 0.1) is 5.56 Å². The maximum atomic E-state index is 12.8. The molecule has 2 N–H and O–H groups in total. The summed E-state index contributed by atoms with van der Waals surface area (Å²) in [5.74, 6) is -1.31. The van der Waals surface area contributed by atoms with Crippen molar-refractivity contribution in [2.75, 3.05) is 27.2 Å². The van der Waals surface area contributed by atoms with E-state index in [9.17, 15) is 14.3 Å². The largest absolute Gasteiger partial charge is 0.507 e. The summed E-state index contributed by atoms with van der Waals surface area (Å²) in [6.45, 7) is 5.37. The van der Waals surface area contributed by atoms with Crippen molar-refractivity contribution in [1.29, 1.82) is 0 Å². The van der Waals surface area contributed by atoms with Crippen LogP contribution >= 0.6 is 0 Å². The third-order valence-electron chi connectivity index (χ3n) is 2.68. The van der Waals surface area contributed by atoms with Crippen LogP contribution in [0.3, 0.4) is 0 Å². The Morgan fingerprint density at radius 3 is 2.58 bits per heavy atom. The number of phenols is 1. The zero-order chi connectivity index (χ0) is 14.6. The van der Waals surface area contributed by atoms with Gasteiger partial charge in [0.1, 0.15) is 11.6 Å². The highest BCUT2D eigenvalue weighted by atomic mass is 19.1. The van der Waals surface area contributed by atoms with Crippen molar-refractivity contribution in [1.82, 2.24) is 10.2 Å². The summed E-state index contributed by atoms with van der Waals surface area (Å²) in [6, 6.07) is 3.36. The molecule has 19 heavy (non-hydrogen) atoms. The zero-order valence-electron chi connectivity index (χ0n) is 11.8. The van der Waals surface area contributed by atoms with Crippen LogP contribution in [0, 0.1) is 11.2 Å². The van der Waals surface area contributed by atoms with Crippen LogP contribution in [0.5, 0.6) is 5.75 Å². The van der Waals surface area contributed by atoms with Crippen molar-refractivity contribution < 1.29 is 14.3 Å². The molecule has 1 aromatic carbocycles. The number of amides is 1. The van der Waals surface area contributed by atoms with Gasteiger partial charge in [0.15, 0.2) is 0 Å². The van der Waals surface area contributed by atoms with Crippen molar-refractivity contribution in [3.8, 4) is 5.75 Å². The van der Waals surface area contributed by atoms with E-state index in [1.54, 1.807) is 0 Å². The Kier molecular flexibility index (Phi) is 4.89. The fourth-order valence-electron chi connectivity index (χ4n) is 2.02. The van der Waals surface area contributed by atoms with Gasteiger partial charge in [-0.05, 0) is 31.6 Å². The molecule has 0 fully saturated rings. The topological polar surface area (TPSA) is 52.6 Å². The first-order valence-electron chi connectivity index (χ1n) is 6.13. The van der Waals surface area contributed by atoms with Crippen LogP contribution in [0.1, 0.15) is 24.2 Å². The molecular formula is C14H21FN2O2. The lowest BCUT2D eigenvalue weighted by molar-refractivity contribution is 0.0926. The molecule has 1 rings (SSSR count). The van der Waals surface area contributed by atoms with Crippen LogP contribution < -0.4 is 5.32 Å². The van der Waals surface area contributed by atoms with Gasteiger partial charge >= 0.3 is 0 Å². The standard InChI is InChI=1S/C14H21FN2O2/c1-14(2,9-17(3)4)8-16-13(19)11-6-5-10(15)7-12(11)18/h5-7,18H,8-9H2,1-4H3,(H,16,19). The average Bonchev–Trinajstić information content (AvgIpc) is 2.24. The molecule has 0 saturated carbocycles. The Hall–Kier alpha value is -1.62. The number of rotatable bonds is 5. The minimum absolute atomic E-state index is 0.0852. The van der Waals surface area contributed by atoms with Crippen molar-refractivity contribution >= 4 is 5.91 Å². The molecule has 5 heteroatoms. The third-order valence-corrected chi connectivity index (χ3v) is 2.68. The first kappa shape index (κ1) is 15.4. The van der Waals surface area contributed by atoms with E-state index in [4.69, 9.17) is 0 Å². The normalized spacial score (nSPS) is 11.7. The molecule has 0 aliphatic heterocycles. The Labute approximate surface area is 113 Å². The number of halogens is 1. The van der Waals surface area contributed by atoms with Gasteiger partial charge in [0, 0.05) is 19.2 Å². The average molecular weight is 268 g/mol. The molecule has 0 heterocycles. The third kappa shape index (κ3) is 4.87. The lowest BCUT2D eigenvalue weighted by Gasteiger charge is -2.28. The van der Waals surface area contributed by atoms with Gasteiger partial charge in [-0.1, -0.05) is 13.8 Å². The smallest absolute Gasteiger partial charge is 0.255 e. The quantitative estimate of drug-likeness (QED) is 0.857. The summed E-state index contributed by atoms with van der Waals surface area (Å²) < 4.78 is 12.8. The van der Waals surface area contributed by atoms with Crippen LogP contribution in [0.15, 0.2) is 18.2 Å². The number of hydrogen-bond acceptors (Lipinski definition) is 3. The summed E-state index contributed by atoms with van der Waals surface area (Å²) in [5, 5.41) is 12.3. The monoisotopic (exact) mass is 268 g/mol. The molecule has 0 aliphatic carbocycles. The lowest BCUT2D eigenvalue weighted by atomic mass is 9.93. The van der Waals surface area contributed by atoms with E-state index in [0.29, 0.717) is 6.54 Å². The summed E-state index contributed by atoms with van der Waals surface area (Å²) >= 11 is 0. The van der Waals surface area contributed by atoms with Crippen LogP contribution in [0.2, 0.25) is 0 Å². The fourth-order valence-corrected chi connectivity index (χ4v) is 2.02. The molecule has 0 radical (unpaired) electrons. The van der Waals surface area contributed by atoms with E-state index in [2.05, 4.69) is 5.32 Å². The number of carbonyl (C=O) groups is 1. The molecule has 0 atom stereocenters. The van der Waals surface area contributed by atoms with Gasteiger partial charge in [-0.15, -0.1) is 0 Å². The predicted octanol–water partition coefficient (Wildman–Crippen LogP) is 1.85. The highest BCUT2D eigenvalue weighted by Gasteiger charge is 2.21. The Morgan fingerprint density at radius 2 is 2.05 bits per heavy atom. The molecule has 0 unspecified atom stereocenters. The highest BCUT2D eigenvalue weighted by Crippen LogP contribution is 2.19. The van der Waals surface area contributed by atoms with Crippen LogP contribution in [0.25, 0.3) is 0 Å². The SMILES string of the molecule is CN(C)CC(C)(C)CNC(=O)c1ccc(F)cc1O. The molecule has 0 bridgehead atoms. The second kappa shape index (κ2) is 6.02. The molecule has 0 spiro atoms. The van der Waals surface area contributed by atoms with Crippen molar-refractivity contribution in [2.45, 2.75) is 13.8 Å². The van der Waals surface area contributed by atoms with Crippen LogP contribution in [-0.4, -0.2) is 43.1 Å². The Balaban J connectivity index is 2.65. The lowest BCUT2D eigenvalue weighted by Crippen LogP contribution is -2.40. The molecule has 0 aromatic heterocycles. The second-order valence-electron chi connectivity index (χ2n) is 5.75. The Morgan fingerprint density at radius 1 is 1.42 bits per heavy atom. The first-order chi connectivity index (χ1) is 8.71. The summed E-state index contributed by atoms with van der Waals surface area (Å²) in [7, 11) is 3.94. The number of aromatic hydroxyl groups is 1. The van der Waals surface area contributed by atoms with Crippen molar-refractivity contribution in [3.05, 3.63) is 29.6 Å². The molecule has 1 amide bonds. The van der Waals surface area contributed by atoms with E-state index in [0.717, 1.165) is 18.7 Å².